The summed E-state index contributed by atoms with van der Waals surface area (Å²) in [5, 5.41) is 0. The van der Waals surface area contributed by atoms with Crippen molar-refractivity contribution < 1.29 is 17.6 Å². The summed E-state index contributed by atoms with van der Waals surface area (Å²) >= 11 is 2.90. The molecule has 0 amide bonds. The number of allylic oxidation sites excluding steroid dienone is 4. The molecule has 0 saturated carbocycles. The Morgan fingerprint density at radius 1 is 1.42 bits per heavy atom. The average molecular weight is 245 g/mol. The van der Waals surface area contributed by atoms with Gasteiger partial charge in [0, 0.05) is 11.2 Å². The highest BCUT2D eigenvalue weighted by atomic mass is 79.9. The fourth-order valence-corrected chi connectivity index (χ4v) is 1.49. The van der Waals surface area contributed by atoms with E-state index < -0.39 is 22.4 Å². The van der Waals surface area contributed by atoms with Gasteiger partial charge in [-0.3, -0.25) is 0 Å². The van der Waals surface area contributed by atoms with E-state index in [-0.39, 0.29) is 6.42 Å². The Balaban J connectivity index is 2.91. The highest BCUT2D eigenvalue weighted by Gasteiger charge is 2.34. The summed E-state index contributed by atoms with van der Waals surface area (Å²) in [5.41, 5.74) is -0.923. The zero-order valence-corrected chi connectivity index (χ0v) is 7.41. The topological polar surface area (TPSA) is 0 Å². The number of rotatable bonds is 0. The first-order valence-corrected chi connectivity index (χ1v) is 4.10. The van der Waals surface area contributed by atoms with Crippen molar-refractivity contribution in [2.45, 2.75) is 17.4 Å². The van der Waals surface area contributed by atoms with E-state index in [0.717, 1.165) is 6.08 Å². The van der Waals surface area contributed by atoms with Gasteiger partial charge < -0.3 is 0 Å². The third kappa shape index (κ3) is 2.33. The van der Waals surface area contributed by atoms with Crippen LogP contribution in [0.15, 0.2) is 23.6 Å². The summed E-state index contributed by atoms with van der Waals surface area (Å²) in [6.45, 7) is 0. The molecule has 68 valence electrons. The van der Waals surface area contributed by atoms with E-state index in [9.17, 15) is 17.6 Å². The molecule has 12 heavy (non-hydrogen) atoms. The van der Waals surface area contributed by atoms with Crippen molar-refractivity contribution in [3.8, 4) is 0 Å². The molecule has 0 bridgehead atoms. The Kier molecular flexibility index (Phi) is 2.61. The fourth-order valence-electron chi connectivity index (χ4n) is 0.892. The Bertz CT molecular complexity index is 238. The molecule has 0 spiro atoms. The predicted molar refractivity (Wildman–Crippen MR) is 40.7 cm³/mol. The van der Waals surface area contributed by atoms with E-state index in [1.54, 1.807) is 0 Å². The average Bonchev–Trinajstić information content (AvgIpc) is 1.82. The van der Waals surface area contributed by atoms with Crippen LogP contribution < -0.4 is 0 Å². The predicted octanol–water partition coefficient (Wildman–Crippen LogP) is 3.50. The molecular formula is C7H5BrF4. The summed E-state index contributed by atoms with van der Waals surface area (Å²) in [4.78, 5) is -0.556. The molecule has 0 fully saturated rings. The lowest BCUT2D eigenvalue weighted by Gasteiger charge is -2.14. The lowest BCUT2D eigenvalue weighted by molar-refractivity contribution is -0.0888. The van der Waals surface area contributed by atoms with Gasteiger partial charge in [-0.05, 0) is 6.08 Å². The second-order valence-corrected chi connectivity index (χ2v) is 3.61. The maximum Gasteiger partial charge on any atom is 0.416 e. The van der Waals surface area contributed by atoms with E-state index in [1.807, 2.05) is 0 Å². The van der Waals surface area contributed by atoms with Crippen molar-refractivity contribution in [1.29, 1.82) is 0 Å². The van der Waals surface area contributed by atoms with Gasteiger partial charge in [-0.15, -0.1) is 0 Å². The third-order valence-electron chi connectivity index (χ3n) is 1.39. The van der Waals surface area contributed by atoms with Crippen LogP contribution in [-0.2, 0) is 0 Å². The molecule has 0 aliphatic heterocycles. The van der Waals surface area contributed by atoms with Crippen molar-refractivity contribution in [3.05, 3.63) is 23.6 Å². The molecule has 5 heteroatoms. The molecule has 0 aromatic carbocycles. The molecule has 0 aromatic rings. The fraction of sp³-hybridized carbons (Fsp3) is 0.429. The van der Waals surface area contributed by atoms with Crippen molar-refractivity contribution in [1.82, 2.24) is 0 Å². The molecule has 1 atom stereocenters. The highest BCUT2D eigenvalue weighted by Crippen LogP contribution is 2.33. The minimum absolute atomic E-state index is 0.0143. The third-order valence-corrected chi connectivity index (χ3v) is 1.98. The minimum Gasteiger partial charge on any atom is -0.212 e. The van der Waals surface area contributed by atoms with Gasteiger partial charge in [-0.25, -0.2) is 4.39 Å². The van der Waals surface area contributed by atoms with Crippen molar-refractivity contribution >= 4 is 15.9 Å². The van der Waals surface area contributed by atoms with Gasteiger partial charge in [0.25, 0.3) is 0 Å². The Hall–Kier alpha value is -0.320. The van der Waals surface area contributed by atoms with E-state index in [2.05, 4.69) is 15.9 Å². The van der Waals surface area contributed by atoms with Crippen LogP contribution in [0.4, 0.5) is 17.6 Å². The summed E-state index contributed by atoms with van der Waals surface area (Å²) in [7, 11) is 0. The van der Waals surface area contributed by atoms with Crippen molar-refractivity contribution in [3.63, 3.8) is 0 Å². The van der Waals surface area contributed by atoms with Crippen LogP contribution in [0.1, 0.15) is 6.42 Å². The number of halogens is 5. The number of alkyl halides is 4. The highest BCUT2D eigenvalue weighted by molar-refractivity contribution is 9.09. The van der Waals surface area contributed by atoms with E-state index >= 15 is 0 Å². The zero-order chi connectivity index (χ0) is 9.35. The maximum absolute atomic E-state index is 12.5. The minimum atomic E-state index is -4.45. The molecule has 0 aromatic heterocycles. The Morgan fingerprint density at radius 2 is 2.00 bits per heavy atom. The molecular weight excluding hydrogens is 240 g/mol. The Labute approximate surface area is 75.1 Å². The molecule has 1 rings (SSSR count). The van der Waals surface area contributed by atoms with Gasteiger partial charge in [-0.1, -0.05) is 22.0 Å². The van der Waals surface area contributed by atoms with Gasteiger partial charge in [0.2, 0.25) is 0 Å². The van der Waals surface area contributed by atoms with E-state index in [1.165, 1.54) is 0 Å². The molecule has 0 heterocycles. The van der Waals surface area contributed by atoms with Crippen LogP contribution >= 0.6 is 15.9 Å². The molecule has 0 N–H and O–H groups in total. The van der Waals surface area contributed by atoms with Gasteiger partial charge in [0.15, 0.2) is 0 Å². The molecule has 1 unspecified atom stereocenters. The van der Waals surface area contributed by atoms with Gasteiger partial charge in [-0.2, -0.15) is 13.2 Å². The second-order valence-electron chi connectivity index (χ2n) is 2.43. The lowest BCUT2D eigenvalue weighted by atomic mass is 10.1. The summed E-state index contributed by atoms with van der Waals surface area (Å²) in [6.07, 6.45) is -2.98. The first-order valence-electron chi connectivity index (χ1n) is 3.19. The SMILES string of the molecule is FC1=CC(C(F)(F)F)=CC(Br)C1. The smallest absolute Gasteiger partial charge is 0.212 e. The van der Waals surface area contributed by atoms with Crippen LogP contribution in [0.25, 0.3) is 0 Å². The Morgan fingerprint density at radius 3 is 2.42 bits per heavy atom. The monoisotopic (exact) mass is 244 g/mol. The summed E-state index contributed by atoms with van der Waals surface area (Å²) in [5.74, 6) is -0.744. The molecule has 0 nitrogen and oxygen atoms in total. The maximum atomic E-state index is 12.5. The second kappa shape index (κ2) is 3.20. The first-order chi connectivity index (χ1) is 5.39. The quantitative estimate of drug-likeness (QED) is 0.452. The van der Waals surface area contributed by atoms with Gasteiger partial charge in [0.05, 0.1) is 5.57 Å². The van der Waals surface area contributed by atoms with E-state index in [0.29, 0.717) is 6.08 Å². The number of hydrogen-bond acceptors (Lipinski definition) is 0. The normalized spacial score (nSPS) is 24.9. The number of hydrogen-bond donors (Lipinski definition) is 0. The standard InChI is InChI=1S/C7H5BrF4/c8-5-1-4(7(10,11)12)2-6(9)3-5/h1-2,5H,3H2. The van der Waals surface area contributed by atoms with E-state index in [4.69, 9.17) is 0 Å². The van der Waals surface area contributed by atoms with Crippen LogP contribution in [0.5, 0.6) is 0 Å². The van der Waals surface area contributed by atoms with Crippen molar-refractivity contribution in [2.24, 2.45) is 0 Å². The van der Waals surface area contributed by atoms with Gasteiger partial charge >= 0.3 is 6.18 Å². The summed E-state index contributed by atoms with van der Waals surface area (Å²) in [6, 6.07) is 0. The zero-order valence-electron chi connectivity index (χ0n) is 5.83. The first kappa shape index (κ1) is 9.77. The largest absolute Gasteiger partial charge is 0.416 e. The van der Waals surface area contributed by atoms with Crippen LogP contribution in [0.3, 0.4) is 0 Å². The summed E-state index contributed by atoms with van der Waals surface area (Å²) < 4.78 is 48.5. The van der Waals surface area contributed by atoms with Crippen LogP contribution in [0, 0.1) is 0 Å². The van der Waals surface area contributed by atoms with Gasteiger partial charge in [0.1, 0.15) is 5.83 Å². The van der Waals surface area contributed by atoms with Crippen LogP contribution in [0.2, 0.25) is 0 Å². The molecule has 0 saturated heterocycles. The lowest BCUT2D eigenvalue weighted by Crippen LogP contribution is -2.15. The molecule has 1 aliphatic rings. The molecule has 0 radical (unpaired) electrons. The van der Waals surface area contributed by atoms with Crippen molar-refractivity contribution in [2.75, 3.05) is 0 Å². The van der Waals surface area contributed by atoms with Crippen LogP contribution in [-0.4, -0.2) is 11.0 Å². The molecule has 1 aliphatic carbocycles.